The maximum absolute atomic E-state index is 7.43. The largest absolute Gasteiger partial charge is 0.442 e. The zero-order valence-electron chi connectivity index (χ0n) is 7.90. The summed E-state index contributed by atoms with van der Waals surface area (Å²) < 4.78 is 0. The van der Waals surface area contributed by atoms with Gasteiger partial charge in [0.1, 0.15) is 0 Å². The van der Waals surface area contributed by atoms with E-state index in [1.165, 1.54) is 11.1 Å². The van der Waals surface area contributed by atoms with Gasteiger partial charge in [-0.2, -0.15) is 0 Å². The summed E-state index contributed by atoms with van der Waals surface area (Å²) in [6.45, 7) is 0.338. The van der Waals surface area contributed by atoms with Crippen LogP contribution < -0.4 is 0 Å². The highest BCUT2D eigenvalue weighted by atomic mass is 16.3. The molecule has 2 N–H and O–H groups in total. The summed E-state index contributed by atoms with van der Waals surface area (Å²) in [6, 6.07) is 18.3. The lowest BCUT2D eigenvalue weighted by molar-refractivity contribution is 0.282. The molecule has 1 nitrogen and oxygen atoms in total. The lowest BCUT2D eigenvalue weighted by Crippen LogP contribution is -1.87. The van der Waals surface area contributed by atoms with Crippen LogP contribution >= 0.6 is 0 Å². The summed E-state index contributed by atoms with van der Waals surface area (Å²) >= 11 is 0. The Balaban J connectivity index is 2.51. The lowest BCUT2D eigenvalue weighted by Gasteiger charge is -2.04. The molecule has 0 aliphatic carbocycles. The van der Waals surface area contributed by atoms with Crippen LogP contribution in [0.4, 0.5) is 0 Å². The summed E-state index contributed by atoms with van der Waals surface area (Å²) in [5.41, 5.74) is 3.44. The van der Waals surface area contributed by atoms with Crippen LogP contribution in [0.2, 0.25) is 0 Å². The first kappa shape index (κ1) is 8.97. The molecule has 0 aliphatic heterocycles. The van der Waals surface area contributed by atoms with Crippen LogP contribution in [-0.2, 0) is 6.61 Å². The van der Waals surface area contributed by atoms with E-state index < -0.39 is 0 Å². The van der Waals surface area contributed by atoms with Crippen LogP contribution in [0.15, 0.2) is 54.6 Å². The minimum Gasteiger partial charge on any atom is -0.442 e. The Labute approximate surface area is 83.6 Å². The van der Waals surface area contributed by atoms with Gasteiger partial charge in [0, 0.05) is 5.56 Å². The molecule has 0 bridgehead atoms. The Morgan fingerprint density at radius 1 is 0.786 bits per heavy atom. The van der Waals surface area contributed by atoms with Crippen molar-refractivity contribution < 1.29 is 5.11 Å². The van der Waals surface area contributed by atoms with Gasteiger partial charge >= 0.3 is 0 Å². The first-order valence-electron chi connectivity index (χ1n) is 4.70. The summed E-state index contributed by atoms with van der Waals surface area (Å²) in [4.78, 5) is 0. The summed E-state index contributed by atoms with van der Waals surface area (Å²) in [6.07, 6.45) is 0. The minimum absolute atomic E-state index is 0.338. The number of rotatable bonds is 2. The van der Waals surface area contributed by atoms with Crippen molar-refractivity contribution in [2.45, 2.75) is 6.61 Å². The first-order valence-corrected chi connectivity index (χ1v) is 4.70. The van der Waals surface area contributed by atoms with E-state index in [2.05, 4.69) is 18.2 Å². The van der Waals surface area contributed by atoms with Crippen LogP contribution in [0.5, 0.6) is 0 Å². The highest BCUT2D eigenvalue weighted by Crippen LogP contribution is 2.22. The van der Waals surface area contributed by atoms with E-state index in [1.807, 2.05) is 36.4 Å². The molecule has 0 saturated heterocycles. The van der Waals surface area contributed by atoms with Gasteiger partial charge in [0.2, 0.25) is 0 Å². The van der Waals surface area contributed by atoms with Crippen molar-refractivity contribution in [1.29, 1.82) is 0 Å². The molecule has 0 spiro atoms. The average molecular weight is 185 g/mol. The molecular weight excluding hydrogens is 172 g/mol. The molecule has 0 radical (unpaired) electrons. The zero-order valence-corrected chi connectivity index (χ0v) is 7.90. The molecule has 1 heteroatoms. The van der Waals surface area contributed by atoms with E-state index >= 15 is 0 Å². The third-order valence-electron chi connectivity index (χ3n) is 2.29. The van der Waals surface area contributed by atoms with E-state index in [9.17, 15) is 0 Å². The fourth-order valence-corrected chi connectivity index (χ4v) is 1.57. The highest BCUT2D eigenvalue weighted by Gasteiger charge is 2.03. The van der Waals surface area contributed by atoms with Gasteiger partial charge in [-0.1, -0.05) is 54.6 Å². The molecular formula is C13H13O+. The van der Waals surface area contributed by atoms with Gasteiger partial charge in [0.05, 0.1) is 0 Å². The molecule has 0 saturated carbocycles. The predicted octanol–water partition coefficient (Wildman–Crippen LogP) is 2.58. The molecule has 0 amide bonds. The van der Waals surface area contributed by atoms with E-state index in [0.29, 0.717) is 6.61 Å². The Morgan fingerprint density at radius 3 is 2.14 bits per heavy atom. The van der Waals surface area contributed by atoms with Crippen molar-refractivity contribution in [1.82, 2.24) is 0 Å². The molecule has 70 valence electrons. The van der Waals surface area contributed by atoms with E-state index in [4.69, 9.17) is 5.11 Å². The quantitative estimate of drug-likeness (QED) is 0.642. The molecule has 0 aliphatic rings. The SMILES string of the molecule is [OH2+]Cc1ccccc1-c1ccccc1. The lowest BCUT2D eigenvalue weighted by atomic mass is 10.0. The van der Waals surface area contributed by atoms with Crippen molar-refractivity contribution in [3.63, 3.8) is 0 Å². The molecule has 14 heavy (non-hydrogen) atoms. The fourth-order valence-electron chi connectivity index (χ4n) is 1.57. The first-order chi connectivity index (χ1) is 6.92. The number of hydrogen-bond acceptors (Lipinski definition) is 0. The van der Waals surface area contributed by atoms with Gasteiger partial charge in [-0.3, -0.25) is 0 Å². The maximum atomic E-state index is 7.43. The van der Waals surface area contributed by atoms with Crippen molar-refractivity contribution in [2.75, 3.05) is 0 Å². The smallest absolute Gasteiger partial charge is 0.170 e. The molecule has 0 unspecified atom stereocenters. The monoisotopic (exact) mass is 185 g/mol. The summed E-state index contributed by atoms with van der Waals surface area (Å²) in [7, 11) is 0. The number of hydrogen-bond donors (Lipinski definition) is 0. The third-order valence-corrected chi connectivity index (χ3v) is 2.29. The van der Waals surface area contributed by atoms with Gasteiger partial charge < -0.3 is 5.11 Å². The third kappa shape index (κ3) is 1.68. The second kappa shape index (κ2) is 4.07. The summed E-state index contributed by atoms with van der Waals surface area (Å²) in [5, 5.41) is 7.43. The Kier molecular flexibility index (Phi) is 2.61. The minimum atomic E-state index is 0.338. The molecule has 0 aromatic heterocycles. The Morgan fingerprint density at radius 2 is 1.43 bits per heavy atom. The van der Waals surface area contributed by atoms with Gasteiger partial charge in [-0.05, 0) is 11.1 Å². The maximum Gasteiger partial charge on any atom is 0.170 e. The van der Waals surface area contributed by atoms with Gasteiger partial charge in [0.15, 0.2) is 6.61 Å². The molecule has 0 atom stereocenters. The second-order valence-corrected chi connectivity index (χ2v) is 3.20. The van der Waals surface area contributed by atoms with Crippen LogP contribution in [0.1, 0.15) is 5.56 Å². The van der Waals surface area contributed by atoms with Crippen molar-refractivity contribution in [3.8, 4) is 11.1 Å². The van der Waals surface area contributed by atoms with Crippen LogP contribution in [0, 0.1) is 0 Å². The van der Waals surface area contributed by atoms with Gasteiger partial charge in [0.25, 0.3) is 0 Å². The predicted molar refractivity (Wildman–Crippen MR) is 59.2 cm³/mol. The Hall–Kier alpha value is -1.60. The Bertz CT molecular complexity index is 407. The van der Waals surface area contributed by atoms with Crippen molar-refractivity contribution >= 4 is 0 Å². The van der Waals surface area contributed by atoms with Crippen LogP contribution in [0.25, 0.3) is 11.1 Å². The van der Waals surface area contributed by atoms with Gasteiger partial charge in [-0.15, -0.1) is 0 Å². The van der Waals surface area contributed by atoms with Gasteiger partial charge in [-0.25, -0.2) is 0 Å². The molecule has 0 fully saturated rings. The van der Waals surface area contributed by atoms with Crippen LogP contribution in [0.3, 0.4) is 0 Å². The standard InChI is InChI=1S/C13H12O/c14-10-12-8-4-5-9-13(12)11-6-2-1-3-7-11/h1-9,14H,10H2/p+1. The highest BCUT2D eigenvalue weighted by molar-refractivity contribution is 5.66. The molecule has 2 rings (SSSR count). The second-order valence-electron chi connectivity index (χ2n) is 3.20. The van der Waals surface area contributed by atoms with E-state index in [1.54, 1.807) is 0 Å². The van der Waals surface area contributed by atoms with Crippen LogP contribution in [-0.4, -0.2) is 5.11 Å². The van der Waals surface area contributed by atoms with E-state index in [-0.39, 0.29) is 0 Å². The topological polar surface area (TPSA) is 22.9 Å². The molecule has 0 heterocycles. The zero-order chi connectivity index (χ0) is 9.80. The normalized spacial score (nSPS) is 10.1. The van der Waals surface area contributed by atoms with Crippen molar-refractivity contribution in [3.05, 3.63) is 60.2 Å². The van der Waals surface area contributed by atoms with Crippen molar-refractivity contribution in [2.24, 2.45) is 0 Å². The number of benzene rings is 2. The molecule has 2 aromatic carbocycles. The van der Waals surface area contributed by atoms with E-state index in [0.717, 1.165) is 5.56 Å². The molecule has 2 aromatic rings. The fraction of sp³-hybridized carbons (Fsp3) is 0.0769. The average Bonchev–Trinajstić information content (AvgIpc) is 2.30. The summed E-state index contributed by atoms with van der Waals surface area (Å²) in [5.74, 6) is 0.